The summed E-state index contributed by atoms with van der Waals surface area (Å²) in [5, 5.41) is 12.1. The summed E-state index contributed by atoms with van der Waals surface area (Å²) in [6.07, 6.45) is 1.93. The number of aliphatic hydroxyl groups is 1. The number of amides is 1. The third kappa shape index (κ3) is 4.48. The van der Waals surface area contributed by atoms with Crippen LogP contribution in [0.3, 0.4) is 0 Å². The maximum atomic E-state index is 11.9. The van der Waals surface area contributed by atoms with Crippen molar-refractivity contribution in [2.45, 2.75) is 18.2 Å². The van der Waals surface area contributed by atoms with Crippen LogP contribution in [0.25, 0.3) is 0 Å². The molecule has 0 bridgehead atoms. The van der Waals surface area contributed by atoms with E-state index >= 15 is 0 Å². The third-order valence-corrected chi connectivity index (χ3v) is 4.39. The van der Waals surface area contributed by atoms with Gasteiger partial charge in [-0.2, -0.15) is 11.8 Å². The molecule has 0 saturated heterocycles. The fourth-order valence-corrected chi connectivity index (χ4v) is 2.41. The highest BCUT2D eigenvalue weighted by molar-refractivity contribution is 14.1. The van der Waals surface area contributed by atoms with Gasteiger partial charge in [0.2, 0.25) is 0 Å². The zero-order chi connectivity index (χ0) is 12.8. The number of aliphatic hydroxyl groups excluding tert-OH is 1. The maximum absolute atomic E-state index is 11.9. The molecule has 5 heteroatoms. The fraction of sp³-hybridized carbons (Fsp3) is 0.417. The first-order valence-electron chi connectivity index (χ1n) is 5.28. The monoisotopic (exact) mass is 365 g/mol. The Hall–Kier alpha value is -0.270. The van der Waals surface area contributed by atoms with Gasteiger partial charge in [-0.1, -0.05) is 0 Å². The molecule has 1 aromatic rings. The van der Waals surface area contributed by atoms with E-state index in [0.717, 1.165) is 3.57 Å². The van der Waals surface area contributed by atoms with Gasteiger partial charge in [-0.05, 0) is 60.0 Å². The zero-order valence-corrected chi connectivity index (χ0v) is 12.8. The maximum Gasteiger partial charge on any atom is 0.251 e. The van der Waals surface area contributed by atoms with E-state index in [-0.39, 0.29) is 23.8 Å². The number of carbonyl (C=O) groups is 1. The summed E-state index contributed by atoms with van der Waals surface area (Å²) >= 11 is 3.75. The summed E-state index contributed by atoms with van der Waals surface area (Å²) in [6, 6.07) is 7.35. The van der Waals surface area contributed by atoms with Gasteiger partial charge in [-0.15, -0.1) is 0 Å². The quantitative estimate of drug-likeness (QED) is 0.787. The molecule has 1 rings (SSSR count). The predicted octanol–water partition coefficient (Wildman–Crippen LogP) is 2.13. The highest BCUT2D eigenvalue weighted by Gasteiger charge is 2.17. The molecular formula is C12H16INO2S. The molecule has 0 radical (unpaired) electrons. The van der Waals surface area contributed by atoms with Crippen LogP contribution in [-0.4, -0.2) is 35.2 Å². The molecule has 0 aliphatic heterocycles. The van der Waals surface area contributed by atoms with Crippen molar-refractivity contribution in [3.63, 3.8) is 0 Å². The molecule has 0 heterocycles. The van der Waals surface area contributed by atoms with Gasteiger partial charge in [0, 0.05) is 20.4 Å². The Morgan fingerprint density at radius 1 is 1.47 bits per heavy atom. The summed E-state index contributed by atoms with van der Waals surface area (Å²) in [7, 11) is 0. The van der Waals surface area contributed by atoms with Gasteiger partial charge in [0.25, 0.3) is 5.91 Å². The van der Waals surface area contributed by atoms with Crippen LogP contribution in [0.2, 0.25) is 0 Å². The highest BCUT2D eigenvalue weighted by Crippen LogP contribution is 2.12. The molecule has 0 saturated carbocycles. The minimum absolute atomic E-state index is 0.0304. The summed E-state index contributed by atoms with van der Waals surface area (Å²) < 4.78 is 1.10. The summed E-state index contributed by atoms with van der Waals surface area (Å²) in [5.74, 6) is -0.0959. The molecule has 2 N–H and O–H groups in total. The smallest absolute Gasteiger partial charge is 0.251 e. The van der Waals surface area contributed by atoms with Crippen molar-refractivity contribution in [3.05, 3.63) is 33.4 Å². The molecule has 94 valence electrons. The molecule has 1 amide bonds. The van der Waals surface area contributed by atoms with E-state index in [9.17, 15) is 4.79 Å². The first-order valence-corrected chi connectivity index (χ1v) is 7.65. The molecule has 2 atom stereocenters. The van der Waals surface area contributed by atoms with Crippen LogP contribution in [0.5, 0.6) is 0 Å². The number of benzene rings is 1. The Kier molecular flexibility index (Phi) is 6.29. The van der Waals surface area contributed by atoms with Crippen molar-refractivity contribution in [2.75, 3.05) is 12.9 Å². The zero-order valence-electron chi connectivity index (χ0n) is 9.81. The van der Waals surface area contributed by atoms with Gasteiger partial charge in [0.05, 0.1) is 6.61 Å². The van der Waals surface area contributed by atoms with E-state index in [1.165, 1.54) is 0 Å². The number of halogens is 1. The van der Waals surface area contributed by atoms with Crippen molar-refractivity contribution < 1.29 is 9.90 Å². The van der Waals surface area contributed by atoms with Crippen LogP contribution < -0.4 is 5.32 Å². The molecule has 2 unspecified atom stereocenters. The molecular weight excluding hydrogens is 349 g/mol. The number of thioether (sulfide) groups is 1. The number of hydrogen-bond donors (Lipinski definition) is 2. The topological polar surface area (TPSA) is 49.3 Å². The number of hydrogen-bond acceptors (Lipinski definition) is 3. The van der Waals surface area contributed by atoms with E-state index in [0.29, 0.717) is 5.56 Å². The Morgan fingerprint density at radius 2 is 2.06 bits per heavy atom. The lowest BCUT2D eigenvalue weighted by Crippen LogP contribution is -2.41. The van der Waals surface area contributed by atoms with Gasteiger partial charge < -0.3 is 10.4 Å². The number of rotatable bonds is 5. The van der Waals surface area contributed by atoms with E-state index in [4.69, 9.17) is 5.11 Å². The van der Waals surface area contributed by atoms with Crippen LogP contribution >= 0.6 is 34.4 Å². The molecule has 17 heavy (non-hydrogen) atoms. The molecule has 1 aromatic carbocycles. The second kappa shape index (κ2) is 7.23. The van der Waals surface area contributed by atoms with Gasteiger partial charge in [-0.3, -0.25) is 4.79 Å². The first kappa shape index (κ1) is 14.8. The minimum Gasteiger partial charge on any atom is -0.395 e. The normalized spacial score (nSPS) is 14.1. The van der Waals surface area contributed by atoms with Crippen molar-refractivity contribution in [1.82, 2.24) is 5.32 Å². The lowest BCUT2D eigenvalue weighted by atomic mass is 10.2. The van der Waals surface area contributed by atoms with Crippen molar-refractivity contribution >= 4 is 40.3 Å². The average Bonchev–Trinajstić information content (AvgIpc) is 2.31. The van der Waals surface area contributed by atoms with Crippen LogP contribution in [-0.2, 0) is 0 Å². The Bertz CT molecular complexity index is 365. The number of nitrogens with one attached hydrogen (secondary N) is 1. The fourth-order valence-electron chi connectivity index (χ4n) is 1.42. The van der Waals surface area contributed by atoms with Gasteiger partial charge in [0.15, 0.2) is 0 Å². The first-order chi connectivity index (χ1) is 8.08. The summed E-state index contributed by atoms with van der Waals surface area (Å²) in [5.41, 5.74) is 0.648. The van der Waals surface area contributed by atoms with E-state index in [2.05, 4.69) is 27.9 Å². The summed E-state index contributed by atoms with van der Waals surface area (Å²) in [4.78, 5) is 11.9. The van der Waals surface area contributed by atoms with Gasteiger partial charge in [0.1, 0.15) is 0 Å². The van der Waals surface area contributed by atoms with E-state index in [1.54, 1.807) is 23.9 Å². The molecule has 0 aliphatic carbocycles. The lowest BCUT2D eigenvalue weighted by Gasteiger charge is -2.21. The van der Waals surface area contributed by atoms with Gasteiger partial charge in [-0.25, -0.2) is 0 Å². The molecule has 0 spiro atoms. The standard InChI is InChI=1S/C12H16INO2S/c1-8(11(7-15)17-2)14-12(16)9-3-5-10(13)6-4-9/h3-6,8,11,15H,7H2,1-2H3,(H,14,16). The predicted molar refractivity (Wildman–Crippen MR) is 80.5 cm³/mol. The van der Waals surface area contributed by atoms with Crippen molar-refractivity contribution in [1.29, 1.82) is 0 Å². The van der Waals surface area contributed by atoms with Crippen LogP contribution in [0.1, 0.15) is 17.3 Å². The largest absolute Gasteiger partial charge is 0.395 e. The van der Waals surface area contributed by atoms with E-state index in [1.807, 2.05) is 25.3 Å². The Balaban J connectivity index is 2.62. The van der Waals surface area contributed by atoms with Crippen molar-refractivity contribution in [3.8, 4) is 0 Å². The van der Waals surface area contributed by atoms with Crippen molar-refractivity contribution in [2.24, 2.45) is 0 Å². The Labute approximate surface area is 120 Å². The minimum atomic E-state index is -0.0959. The van der Waals surface area contributed by atoms with Crippen LogP contribution in [0, 0.1) is 3.57 Å². The highest BCUT2D eigenvalue weighted by atomic mass is 127. The molecule has 0 aromatic heterocycles. The second-order valence-electron chi connectivity index (χ2n) is 3.73. The second-order valence-corrected chi connectivity index (χ2v) is 6.05. The summed E-state index contributed by atoms with van der Waals surface area (Å²) in [6.45, 7) is 1.97. The lowest BCUT2D eigenvalue weighted by molar-refractivity contribution is 0.0936. The third-order valence-electron chi connectivity index (χ3n) is 2.51. The SMILES string of the molecule is CSC(CO)C(C)NC(=O)c1ccc(I)cc1. The average molecular weight is 365 g/mol. The van der Waals surface area contributed by atoms with Crippen LogP contribution in [0.4, 0.5) is 0 Å². The molecule has 0 aliphatic rings. The molecule has 3 nitrogen and oxygen atoms in total. The van der Waals surface area contributed by atoms with Gasteiger partial charge >= 0.3 is 0 Å². The Morgan fingerprint density at radius 3 is 2.53 bits per heavy atom. The number of carbonyl (C=O) groups excluding carboxylic acids is 1. The van der Waals surface area contributed by atoms with Crippen LogP contribution in [0.15, 0.2) is 24.3 Å². The van der Waals surface area contributed by atoms with E-state index < -0.39 is 0 Å². The molecule has 0 fully saturated rings.